The molecule has 2 saturated heterocycles. The first kappa shape index (κ1) is 21.3. The second-order valence-corrected chi connectivity index (χ2v) is 8.70. The van der Waals surface area contributed by atoms with E-state index in [2.05, 4.69) is 31.7 Å². The van der Waals surface area contributed by atoms with Crippen molar-refractivity contribution in [3.8, 4) is 0 Å². The number of nitrogens with zero attached hydrogens (tertiary/aromatic N) is 3. The number of piperidine rings is 2. The van der Waals surface area contributed by atoms with Gasteiger partial charge in [0.15, 0.2) is 5.76 Å². The molecule has 2 fully saturated rings. The second kappa shape index (κ2) is 10.9. The van der Waals surface area contributed by atoms with Crippen LogP contribution in [-0.4, -0.2) is 74.2 Å². The lowest BCUT2D eigenvalue weighted by atomic mass is 9.81. The number of rotatable bonds is 9. The van der Waals surface area contributed by atoms with Crippen molar-refractivity contribution in [2.45, 2.75) is 45.1 Å². The van der Waals surface area contributed by atoms with Gasteiger partial charge in [0, 0.05) is 25.6 Å². The number of hydrogen-bond donors (Lipinski definition) is 2. The Morgan fingerprint density at radius 2 is 2.14 bits per heavy atom. The van der Waals surface area contributed by atoms with E-state index in [4.69, 9.17) is 4.52 Å². The fourth-order valence-electron chi connectivity index (χ4n) is 4.35. The summed E-state index contributed by atoms with van der Waals surface area (Å²) in [5, 5.41) is 10.9. The third-order valence-corrected chi connectivity index (χ3v) is 6.00. The van der Waals surface area contributed by atoms with Gasteiger partial charge in [-0.2, -0.15) is 0 Å². The molecule has 2 unspecified atom stereocenters. The molecule has 2 aliphatic rings. The van der Waals surface area contributed by atoms with Gasteiger partial charge >= 0.3 is 0 Å². The van der Waals surface area contributed by atoms with E-state index in [0.717, 1.165) is 63.6 Å². The standard InChI is InChI=1S/C21H37N5O2/c1-25(2)11-8-23-21(27)13-17-6-7-22-15-18(17)12-19-14-20(28-24-19)16-26-9-4-3-5-10-26/h14,17-18,22H,3-13,15-16H2,1-2H3,(H,23,27). The number of nitrogens with one attached hydrogen (secondary N) is 2. The van der Waals surface area contributed by atoms with Crippen molar-refractivity contribution in [2.75, 3.05) is 53.4 Å². The van der Waals surface area contributed by atoms with Crippen LogP contribution < -0.4 is 10.6 Å². The highest BCUT2D eigenvalue weighted by molar-refractivity contribution is 5.76. The molecule has 1 aromatic rings. The third kappa shape index (κ3) is 6.87. The van der Waals surface area contributed by atoms with Crippen LogP contribution in [0.4, 0.5) is 0 Å². The quantitative estimate of drug-likeness (QED) is 0.665. The molecule has 0 saturated carbocycles. The first-order valence-corrected chi connectivity index (χ1v) is 10.9. The van der Waals surface area contributed by atoms with E-state index < -0.39 is 0 Å². The van der Waals surface area contributed by atoms with E-state index in [0.29, 0.717) is 24.8 Å². The first-order valence-electron chi connectivity index (χ1n) is 10.9. The SMILES string of the molecule is CN(C)CCNC(=O)CC1CCNCC1Cc1cc(CN2CCCCC2)on1. The van der Waals surface area contributed by atoms with Crippen LogP contribution in [0.5, 0.6) is 0 Å². The van der Waals surface area contributed by atoms with E-state index in [1.54, 1.807) is 0 Å². The Morgan fingerprint density at radius 3 is 2.93 bits per heavy atom. The Labute approximate surface area is 169 Å². The third-order valence-electron chi connectivity index (χ3n) is 6.00. The number of aromatic nitrogens is 1. The minimum atomic E-state index is 0.171. The molecular formula is C21H37N5O2. The molecule has 3 heterocycles. The molecule has 0 radical (unpaired) electrons. The van der Waals surface area contributed by atoms with Crippen molar-refractivity contribution in [2.24, 2.45) is 11.8 Å². The molecule has 158 valence electrons. The molecular weight excluding hydrogens is 354 g/mol. The van der Waals surface area contributed by atoms with Gasteiger partial charge in [-0.3, -0.25) is 9.69 Å². The molecule has 7 heteroatoms. The van der Waals surface area contributed by atoms with Crippen molar-refractivity contribution in [1.82, 2.24) is 25.6 Å². The summed E-state index contributed by atoms with van der Waals surface area (Å²) < 4.78 is 5.60. The zero-order valence-corrected chi connectivity index (χ0v) is 17.6. The van der Waals surface area contributed by atoms with Crippen LogP contribution in [0.3, 0.4) is 0 Å². The Hall–Kier alpha value is -1.44. The highest BCUT2D eigenvalue weighted by atomic mass is 16.5. The molecule has 2 atom stereocenters. The van der Waals surface area contributed by atoms with E-state index in [9.17, 15) is 4.79 Å². The normalized spacial score (nSPS) is 23.8. The second-order valence-electron chi connectivity index (χ2n) is 8.70. The monoisotopic (exact) mass is 391 g/mol. The number of amides is 1. The zero-order chi connectivity index (χ0) is 19.8. The van der Waals surface area contributed by atoms with Crippen molar-refractivity contribution >= 4 is 5.91 Å². The van der Waals surface area contributed by atoms with Crippen LogP contribution in [0, 0.1) is 11.8 Å². The maximum absolute atomic E-state index is 12.3. The van der Waals surface area contributed by atoms with Crippen LogP contribution in [0.25, 0.3) is 0 Å². The summed E-state index contributed by atoms with van der Waals surface area (Å²) in [4.78, 5) is 16.9. The lowest BCUT2D eigenvalue weighted by molar-refractivity contribution is -0.122. The molecule has 3 rings (SSSR count). The lowest BCUT2D eigenvalue weighted by Crippen LogP contribution is -2.41. The van der Waals surface area contributed by atoms with Crippen LogP contribution in [0.2, 0.25) is 0 Å². The van der Waals surface area contributed by atoms with Gasteiger partial charge in [0.2, 0.25) is 5.91 Å². The number of likely N-dealkylation sites (tertiary alicyclic amines) is 1. The molecule has 0 bridgehead atoms. The number of likely N-dealkylation sites (N-methyl/N-ethyl adjacent to an activating group) is 1. The highest BCUT2D eigenvalue weighted by Crippen LogP contribution is 2.26. The van der Waals surface area contributed by atoms with Gasteiger partial charge in [0.1, 0.15) is 0 Å². The Bertz CT molecular complexity index is 597. The number of carbonyl (C=O) groups is 1. The van der Waals surface area contributed by atoms with Crippen LogP contribution in [-0.2, 0) is 17.8 Å². The molecule has 1 aromatic heterocycles. The van der Waals surface area contributed by atoms with E-state index in [1.165, 1.54) is 19.3 Å². The lowest BCUT2D eigenvalue weighted by Gasteiger charge is -2.31. The summed E-state index contributed by atoms with van der Waals surface area (Å²) in [5.74, 6) is 1.98. The smallest absolute Gasteiger partial charge is 0.220 e. The van der Waals surface area contributed by atoms with Crippen molar-refractivity contribution in [3.63, 3.8) is 0 Å². The molecule has 0 aliphatic carbocycles. The minimum absolute atomic E-state index is 0.171. The van der Waals surface area contributed by atoms with E-state index >= 15 is 0 Å². The number of carbonyl (C=O) groups excluding carboxylic acids is 1. The number of hydrogen-bond acceptors (Lipinski definition) is 6. The van der Waals surface area contributed by atoms with Gasteiger partial charge in [0.05, 0.1) is 12.2 Å². The van der Waals surface area contributed by atoms with Crippen molar-refractivity contribution in [3.05, 3.63) is 17.5 Å². The molecule has 0 aromatic carbocycles. The van der Waals surface area contributed by atoms with Crippen LogP contribution in [0.1, 0.15) is 43.6 Å². The Morgan fingerprint density at radius 1 is 1.32 bits per heavy atom. The minimum Gasteiger partial charge on any atom is -0.360 e. The molecule has 7 nitrogen and oxygen atoms in total. The maximum Gasteiger partial charge on any atom is 0.220 e. The molecule has 2 aliphatic heterocycles. The fraction of sp³-hybridized carbons (Fsp3) is 0.810. The summed E-state index contributed by atoms with van der Waals surface area (Å²) in [6.45, 7) is 6.72. The fourth-order valence-corrected chi connectivity index (χ4v) is 4.35. The summed E-state index contributed by atoms with van der Waals surface area (Å²) in [7, 11) is 4.04. The van der Waals surface area contributed by atoms with Gasteiger partial charge in [-0.15, -0.1) is 0 Å². The Balaban J connectivity index is 1.48. The van der Waals surface area contributed by atoms with E-state index in [1.807, 2.05) is 14.1 Å². The van der Waals surface area contributed by atoms with Crippen LogP contribution >= 0.6 is 0 Å². The molecule has 2 N–H and O–H groups in total. The van der Waals surface area contributed by atoms with Gasteiger partial charge in [-0.05, 0) is 77.8 Å². The summed E-state index contributed by atoms with van der Waals surface area (Å²) in [6.07, 6.45) is 6.45. The van der Waals surface area contributed by atoms with Gasteiger partial charge < -0.3 is 20.1 Å². The average Bonchev–Trinajstić information content (AvgIpc) is 3.11. The van der Waals surface area contributed by atoms with Crippen molar-refractivity contribution in [1.29, 1.82) is 0 Å². The van der Waals surface area contributed by atoms with Gasteiger partial charge in [0.25, 0.3) is 0 Å². The topological polar surface area (TPSA) is 73.6 Å². The van der Waals surface area contributed by atoms with Crippen LogP contribution in [0.15, 0.2) is 10.6 Å². The van der Waals surface area contributed by atoms with E-state index in [-0.39, 0.29) is 5.91 Å². The molecule has 28 heavy (non-hydrogen) atoms. The predicted octanol–water partition coefficient (Wildman–Crippen LogP) is 1.50. The molecule has 1 amide bonds. The Kier molecular flexibility index (Phi) is 8.30. The predicted molar refractivity (Wildman–Crippen MR) is 110 cm³/mol. The zero-order valence-electron chi connectivity index (χ0n) is 17.6. The van der Waals surface area contributed by atoms with Gasteiger partial charge in [-0.25, -0.2) is 0 Å². The largest absolute Gasteiger partial charge is 0.360 e. The highest BCUT2D eigenvalue weighted by Gasteiger charge is 2.28. The summed E-state index contributed by atoms with van der Waals surface area (Å²) in [6, 6.07) is 2.12. The maximum atomic E-state index is 12.3. The molecule has 0 spiro atoms. The van der Waals surface area contributed by atoms with Crippen molar-refractivity contribution < 1.29 is 9.32 Å². The first-order chi connectivity index (χ1) is 13.6. The summed E-state index contributed by atoms with van der Waals surface area (Å²) >= 11 is 0. The van der Waals surface area contributed by atoms with Gasteiger partial charge in [-0.1, -0.05) is 11.6 Å². The summed E-state index contributed by atoms with van der Waals surface area (Å²) in [5.41, 5.74) is 1.03. The average molecular weight is 392 g/mol.